The fourth-order valence-corrected chi connectivity index (χ4v) is 6.01. The summed E-state index contributed by atoms with van der Waals surface area (Å²) in [4.78, 5) is 44.6. The van der Waals surface area contributed by atoms with Gasteiger partial charge in [0.25, 0.3) is 5.69 Å². The lowest BCUT2D eigenvalue weighted by Gasteiger charge is -2.44. The number of urea groups is 1. The SMILES string of the molecule is COc1ccc(C2(CN(C(=O)N(c3ccc([N+](=O)[O-])cc3)c3c[nH]c4ccccc34)[C@@H](C)C(N)=O)CCCCC2)cc1. The van der Waals surface area contributed by atoms with Crippen molar-refractivity contribution in [3.63, 3.8) is 0 Å². The number of amides is 3. The Morgan fingerprint density at radius 1 is 1.02 bits per heavy atom. The molecule has 4 aromatic rings. The molecule has 1 heterocycles. The first-order chi connectivity index (χ1) is 20.2. The summed E-state index contributed by atoms with van der Waals surface area (Å²) in [6, 6.07) is 20.0. The van der Waals surface area contributed by atoms with Crippen LogP contribution in [0.5, 0.6) is 5.75 Å². The molecule has 1 aromatic heterocycles. The summed E-state index contributed by atoms with van der Waals surface area (Å²) >= 11 is 0. The molecule has 0 bridgehead atoms. The normalized spacial score (nSPS) is 15.1. The van der Waals surface area contributed by atoms with Crippen molar-refractivity contribution in [1.82, 2.24) is 9.88 Å². The van der Waals surface area contributed by atoms with Crippen LogP contribution in [0, 0.1) is 10.1 Å². The number of non-ortho nitro benzene ring substituents is 1. The number of hydrogen-bond donors (Lipinski definition) is 2. The van der Waals surface area contributed by atoms with Crippen LogP contribution in [0.25, 0.3) is 10.9 Å². The number of nitrogens with zero attached hydrogens (tertiary/aromatic N) is 3. The molecule has 1 atom stereocenters. The Bertz CT molecular complexity index is 1580. The van der Waals surface area contributed by atoms with E-state index in [0.717, 1.165) is 54.3 Å². The van der Waals surface area contributed by atoms with Gasteiger partial charge in [0.1, 0.15) is 11.8 Å². The fraction of sp³-hybridized carbons (Fsp3) is 0.312. The molecule has 10 heteroatoms. The van der Waals surface area contributed by atoms with Gasteiger partial charge in [0, 0.05) is 41.2 Å². The van der Waals surface area contributed by atoms with Gasteiger partial charge < -0.3 is 20.4 Å². The Labute approximate surface area is 244 Å². The number of rotatable bonds is 9. The summed E-state index contributed by atoms with van der Waals surface area (Å²) in [5.74, 6) is 0.124. The van der Waals surface area contributed by atoms with Crippen molar-refractivity contribution in [2.75, 3.05) is 18.6 Å². The maximum atomic E-state index is 14.8. The molecular weight excluding hydrogens is 534 g/mol. The van der Waals surface area contributed by atoms with E-state index in [1.54, 1.807) is 37.3 Å². The number of nitro groups is 1. The number of aromatic nitrogens is 1. The van der Waals surface area contributed by atoms with Gasteiger partial charge in [-0.15, -0.1) is 0 Å². The number of methoxy groups -OCH3 is 1. The van der Waals surface area contributed by atoms with Crippen molar-refractivity contribution in [3.8, 4) is 5.75 Å². The molecule has 1 saturated carbocycles. The number of carbonyl (C=O) groups excluding carboxylic acids is 2. The van der Waals surface area contributed by atoms with Crippen molar-refractivity contribution in [3.05, 3.63) is 94.7 Å². The van der Waals surface area contributed by atoms with Gasteiger partial charge in [-0.1, -0.05) is 49.6 Å². The number of nitrogens with two attached hydrogens (primary N) is 1. The molecule has 0 spiro atoms. The number of fused-ring (bicyclic) bond motifs is 1. The zero-order valence-electron chi connectivity index (χ0n) is 23.8. The number of nitro benzene ring substituents is 1. The highest BCUT2D eigenvalue weighted by Gasteiger charge is 2.41. The predicted octanol–water partition coefficient (Wildman–Crippen LogP) is 6.42. The van der Waals surface area contributed by atoms with Gasteiger partial charge in [-0.2, -0.15) is 0 Å². The molecule has 5 rings (SSSR count). The lowest BCUT2D eigenvalue weighted by Crippen LogP contribution is -2.55. The summed E-state index contributed by atoms with van der Waals surface area (Å²) in [6.07, 6.45) is 6.51. The summed E-state index contributed by atoms with van der Waals surface area (Å²) in [7, 11) is 1.62. The molecule has 1 aliphatic rings. The zero-order valence-corrected chi connectivity index (χ0v) is 23.8. The van der Waals surface area contributed by atoms with E-state index in [1.807, 2.05) is 48.5 Å². The molecule has 10 nitrogen and oxygen atoms in total. The molecule has 1 aliphatic carbocycles. The molecule has 3 N–H and O–H groups in total. The van der Waals surface area contributed by atoms with E-state index < -0.39 is 28.3 Å². The van der Waals surface area contributed by atoms with Crippen LogP contribution >= 0.6 is 0 Å². The highest BCUT2D eigenvalue weighted by Crippen LogP contribution is 2.42. The van der Waals surface area contributed by atoms with Gasteiger partial charge in [0.05, 0.1) is 23.4 Å². The first-order valence-electron chi connectivity index (χ1n) is 14.1. The van der Waals surface area contributed by atoms with Crippen LogP contribution in [0.4, 0.5) is 21.9 Å². The topological polar surface area (TPSA) is 135 Å². The number of H-pyrrole nitrogens is 1. The minimum atomic E-state index is -0.916. The Kier molecular flexibility index (Phi) is 8.15. The Hall–Kier alpha value is -4.86. The fourth-order valence-electron chi connectivity index (χ4n) is 6.01. The van der Waals surface area contributed by atoms with Gasteiger partial charge in [0.15, 0.2) is 0 Å². The zero-order chi connectivity index (χ0) is 29.9. The molecule has 42 heavy (non-hydrogen) atoms. The molecule has 0 unspecified atom stereocenters. The second-order valence-corrected chi connectivity index (χ2v) is 10.9. The molecule has 0 radical (unpaired) electrons. The number of aromatic amines is 1. The lowest BCUT2D eigenvalue weighted by molar-refractivity contribution is -0.384. The van der Waals surface area contributed by atoms with Crippen LogP contribution in [-0.2, 0) is 10.2 Å². The predicted molar refractivity (Wildman–Crippen MR) is 162 cm³/mol. The quantitative estimate of drug-likeness (QED) is 0.177. The number of nitrogens with one attached hydrogen (secondary N) is 1. The summed E-state index contributed by atoms with van der Waals surface area (Å²) in [6.45, 7) is 1.92. The van der Waals surface area contributed by atoms with Crippen molar-refractivity contribution < 1.29 is 19.2 Å². The first-order valence-corrected chi connectivity index (χ1v) is 14.1. The van der Waals surface area contributed by atoms with Crippen LogP contribution in [0.15, 0.2) is 79.0 Å². The van der Waals surface area contributed by atoms with Gasteiger partial charge >= 0.3 is 6.03 Å². The summed E-state index contributed by atoms with van der Waals surface area (Å²) in [5.41, 5.74) is 8.26. The van der Waals surface area contributed by atoms with E-state index in [1.165, 1.54) is 17.0 Å². The molecule has 218 valence electrons. The van der Waals surface area contributed by atoms with Gasteiger partial charge in [-0.3, -0.25) is 19.8 Å². The number of ether oxygens (including phenoxy) is 1. The molecule has 0 saturated heterocycles. The number of benzene rings is 3. The number of anilines is 2. The van der Waals surface area contributed by atoms with E-state index in [0.29, 0.717) is 11.4 Å². The third-order valence-corrected chi connectivity index (χ3v) is 8.43. The largest absolute Gasteiger partial charge is 0.497 e. The number of primary amides is 1. The first kappa shape index (κ1) is 28.7. The van der Waals surface area contributed by atoms with Gasteiger partial charge in [0.2, 0.25) is 5.91 Å². The Morgan fingerprint density at radius 3 is 2.31 bits per heavy atom. The number of para-hydroxylation sites is 1. The maximum Gasteiger partial charge on any atom is 0.329 e. The summed E-state index contributed by atoms with van der Waals surface area (Å²) < 4.78 is 5.38. The molecule has 3 amide bonds. The number of carbonyl (C=O) groups is 2. The van der Waals surface area contributed by atoms with E-state index in [4.69, 9.17) is 10.5 Å². The van der Waals surface area contributed by atoms with Crippen LogP contribution in [0.1, 0.15) is 44.6 Å². The Morgan fingerprint density at radius 2 is 1.69 bits per heavy atom. The van der Waals surface area contributed by atoms with Gasteiger partial charge in [-0.25, -0.2) is 4.79 Å². The average Bonchev–Trinajstić information content (AvgIpc) is 3.44. The standard InChI is InChI=1S/C32H35N5O5/c1-22(30(33)38)35(21-32(18-6-3-7-19-32)23-10-16-26(42-2)17-11-23)31(39)36(24-12-14-25(15-13-24)37(40)41)29-20-34-28-9-5-4-8-27(28)29/h4-5,8-17,20,22,34H,3,6-7,18-19,21H2,1-2H3,(H2,33,38)/t22-/m0/s1. The van der Waals surface area contributed by atoms with Crippen LogP contribution in [0.2, 0.25) is 0 Å². The van der Waals surface area contributed by atoms with Crippen LogP contribution in [0.3, 0.4) is 0 Å². The lowest BCUT2D eigenvalue weighted by atomic mass is 9.69. The molecule has 0 aliphatic heterocycles. The minimum absolute atomic E-state index is 0.0897. The van der Waals surface area contributed by atoms with Crippen LogP contribution in [-0.4, -0.2) is 46.4 Å². The molecule has 1 fully saturated rings. The van der Waals surface area contributed by atoms with Crippen molar-refractivity contribution in [1.29, 1.82) is 0 Å². The van der Waals surface area contributed by atoms with Crippen molar-refractivity contribution in [2.24, 2.45) is 5.73 Å². The second kappa shape index (κ2) is 11.9. The molecular formula is C32H35N5O5. The maximum absolute atomic E-state index is 14.8. The summed E-state index contributed by atoms with van der Waals surface area (Å²) in [5, 5.41) is 12.2. The third-order valence-electron chi connectivity index (χ3n) is 8.43. The van der Waals surface area contributed by atoms with Crippen LogP contribution < -0.4 is 15.4 Å². The molecule has 3 aromatic carbocycles. The Balaban J connectivity index is 1.63. The van der Waals surface area contributed by atoms with Crippen molar-refractivity contribution in [2.45, 2.75) is 50.5 Å². The third kappa shape index (κ3) is 5.52. The van der Waals surface area contributed by atoms with E-state index in [-0.39, 0.29) is 12.2 Å². The van der Waals surface area contributed by atoms with Gasteiger partial charge in [-0.05, 0) is 55.7 Å². The average molecular weight is 570 g/mol. The highest BCUT2D eigenvalue weighted by molar-refractivity contribution is 6.08. The smallest absolute Gasteiger partial charge is 0.329 e. The van der Waals surface area contributed by atoms with E-state index >= 15 is 0 Å². The monoisotopic (exact) mass is 569 g/mol. The second-order valence-electron chi connectivity index (χ2n) is 10.9. The van der Waals surface area contributed by atoms with E-state index in [2.05, 4.69) is 4.98 Å². The highest BCUT2D eigenvalue weighted by atomic mass is 16.6. The minimum Gasteiger partial charge on any atom is -0.497 e. The van der Waals surface area contributed by atoms with E-state index in [9.17, 15) is 19.7 Å². The van der Waals surface area contributed by atoms with Crippen molar-refractivity contribution >= 4 is 39.9 Å². The number of hydrogen-bond acceptors (Lipinski definition) is 5.